The fourth-order valence-corrected chi connectivity index (χ4v) is 3.06. The summed E-state index contributed by atoms with van der Waals surface area (Å²) in [6.45, 7) is 4.47. The molecule has 0 spiro atoms. The molecular weight excluding hydrogens is 307 g/mol. The molecule has 0 aliphatic carbocycles. The van der Waals surface area contributed by atoms with Gasteiger partial charge in [-0.1, -0.05) is 53.0 Å². The first-order chi connectivity index (χ1) is 7.49. The zero-order valence-electron chi connectivity index (χ0n) is 9.64. The molecule has 0 aromatic heterocycles. The second-order valence-corrected chi connectivity index (χ2v) is 6.64. The van der Waals surface area contributed by atoms with Crippen LogP contribution in [0.15, 0.2) is 18.2 Å². The van der Waals surface area contributed by atoms with Gasteiger partial charge in [-0.15, -0.1) is 0 Å². The lowest BCUT2D eigenvalue weighted by Gasteiger charge is -2.12. The van der Waals surface area contributed by atoms with Crippen molar-refractivity contribution in [1.82, 2.24) is 0 Å². The molecule has 0 amide bonds. The average Bonchev–Trinajstić information content (AvgIpc) is 2.18. The Morgan fingerprint density at radius 1 is 1.25 bits per heavy atom. The third kappa shape index (κ3) is 5.07. The third-order valence-corrected chi connectivity index (χ3v) is 3.90. The predicted molar refractivity (Wildman–Crippen MR) is 77.0 cm³/mol. The van der Waals surface area contributed by atoms with E-state index in [9.17, 15) is 0 Å². The van der Waals surface area contributed by atoms with E-state index in [0.29, 0.717) is 4.83 Å². The van der Waals surface area contributed by atoms with Gasteiger partial charge in [0.25, 0.3) is 0 Å². The third-order valence-electron chi connectivity index (χ3n) is 2.46. The van der Waals surface area contributed by atoms with Crippen molar-refractivity contribution in [2.45, 2.75) is 37.9 Å². The predicted octanol–water partition coefficient (Wildman–Crippen LogP) is 5.74. The van der Waals surface area contributed by atoms with Crippen LogP contribution < -0.4 is 0 Å². The number of hydrogen-bond donors (Lipinski definition) is 0. The number of aryl methyl sites for hydroxylation is 1. The van der Waals surface area contributed by atoms with Crippen molar-refractivity contribution in [3.05, 3.63) is 33.8 Å². The number of alkyl halides is 1. The van der Waals surface area contributed by atoms with E-state index in [-0.39, 0.29) is 0 Å². The normalized spacial score (nSPS) is 13.1. The molecule has 0 bridgehead atoms. The van der Waals surface area contributed by atoms with Crippen molar-refractivity contribution in [3.8, 4) is 0 Å². The minimum absolute atomic E-state index is 0.558. The molecule has 0 fully saturated rings. The molecule has 0 N–H and O–H groups in total. The largest absolute Gasteiger partial charge is 0.0890 e. The standard InChI is InChI=1S/C13H17BrCl2/c1-9(2)7-11(14)4-3-10-8-12(15)5-6-13(10)16/h5-6,8-9,11H,3-4,7H2,1-2H3. The van der Waals surface area contributed by atoms with Crippen molar-refractivity contribution in [3.63, 3.8) is 0 Å². The monoisotopic (exact) mass is 322 g/mol. The van der Waals surface area contributed by atoms with Gasteiger partial charge < -0.3 is 0 Å². The van der Waals surface area contributed by atoms with Gasteiger partial charge in [-0.25, -0.2) is 0 Å². The fraction of sp³-hybridized carbons (Fsp3) is 0.538. The van der Waals surface area contributed by atoms with Crippen LogP contribution in [0.25, 0.3) is 0 Å². The van der Waals surface area contributed by atoms with E-state index in [2.05, 4.69) is 29.8 Å². The summed E-state index contributed by atoms with van der Waals surface area (Å²) in [5.41, 5.74) is 1.14. The number of rotatable bonds is 5. The average molecular weight is 324 g/mol. The first-order valence-electron chi connectivity index (χ1n) is 5.57. The quantitative estimate of drug-likeness (QED) is 0.606. The molecule has 1 atom stereocenters. The van der Waals surface area contributed by atoms with Gasteiger partial charge in [-0.05, 0) is 48.9 Å². The first kappa shape index (κ1) is 14.3. The summed E-state index contributed by atoms with van der Waals surface area (Å²) in [6.07, 6.45) is 3.26. The molecular formula is C13H17BrCl2. The zero-order chi connectivity index (χ0) is 12.1. The van der Waals surface area contributed by atoms with Gasteiger partial charge in [0.05, 0.1) is 0 Å². The van der Waals surface area contributed by atoms with Crippen LogP contribution in [0, 0.1) is 5.92 Å². The van der Waals surface area contributed by atoms with E-state index in [0.717, 1.165) is 34.4 Å². The Hall–Kier alpha value is 0.280. The minimum atomic E-state index is 0.558. The van der Waals surface area contributed by atoms with Crippen LogP contribution >= 0.6 is 39.1 Å². The SMILES string of the molecule is CC(C)CC(Br)CCc1cc(Cl)ccc1Cl. The second kappa shape index (κ2) is 6.88. The molecule has 0 radical (unpaired) electrons. The maximum absolute atomic E-state index is 6.11. The van der Waals surface area contributed by atoms with E-state index in [1.54, 1.807) is 0 Å². The maximum atomic E-state index is 6.11. The smallest absolute Gasteiger partial charge is 0.0439 e. The van der Waals surface area contributed by atoms with Gasteiger partial charge in [0.15, 0.2) is 0 Å². The summed E-state index contributed by atoms with van der Waals surface area (Å²) in [5.74, 6) is 0.721. The lowest BCUT2D eigenvalue weighted by Crippen LogP contribution is -2.04. The number of hydrogen-bond acceptors (Lipinski definition) is 0. The summed E-state index contributed by atoms with van der Waals surface area (Å²) in [5, 5.41) is 1.57. The van der Waals surface area contributed by atoms with E-state index in [1.165, 1.54) is 6.42 Å². The Balaban J connectivity index is 2.51. The van der Waals surface area contributed by atoms with Gasteiger partial charge >= 0.3 is 0 Å². The van der Waals surface area contributed by atoms with Gasteiger partial charge in [0, 0.05) is 14.9 Å². The van der Waals surface area contributed by atoms with E-state index < -0.39 is 0 Å². The highest BCUT2D eigenvalue weighted by Gasteiger charge is 2.09. The summed E-state index contributed by atoms with van der Waals surface area (Å²) in [6, 6.07) is 5.65. The van der Waals surface area contributed by atoms with Gasteiger partial charge in [-0.3, -0.25) is 0 Å². The lowest BCUT2D eigenvalue weighted by molar-refractivity contribution is 0.554. The second-order valence-electron chi connectivity index (χ2n) is 4.50. The van der Waals surface area contributed by atoms with Crippen molar-refractivity contribution in [1.29, 1.82) is 0 Å². The maximum Gasteiger partial charge on any atom is 0.0439 e. The Bertz CT molecular complexity index is 337. The molecule has 0 saturated heterocycles. The number of benzene rings is 1. The first-order valence-corrected chi connectivity index (χ1v) is 7.24. The van der Waals surface area contributed by atoms with Crippen molar-refractivity contribution < 1.29 is 0 Å². The highest BCUT2D eigenvalue weighted by molar-refractivity contribution is 9.09. The molecule has 0 aliphatic rings. The molecule has 0 saturated carbocycles. The van der Waals surface area contributed by atoms with Crippen molar-refractivity contribution >= 4 is 39.1 Å². The molecule has 1 rings (SSSR count). The van der Waals surface area contributed by atoms with E-state index >= 15 is 0 Å². The molecule has 0 heterocycles. The van der Waals surface area contributed by atoms with Crippen LogP contribution in [-0.2, 0) is 6.42 Å². The van der Waals surface area contributed by atoms with E-state index in [4.69, 9.17) is 23.2 Å². The Morgan fingerprint density at radius 2 is 1.94 bits per heavy atom. The van der Waals surface area contributed by atoms with Gasteiger partial charge in [0.1, 0.15) is 0 Å². The van der Waals surface area contributed by atoms with Crippen molar-refractivity contribution in [2.75, 3.05) is 0 Å². The highest BCUT2D eigenvalue weighted by atomic mass is 79.9. The van der Waals surface area contributed by atoms with Crippen LogP contribution in [0.3, 0.4) is 0 Å². The van der Waals surface area contributed by atoms with Crippen molar-refractivity contribution in [2.24, 2.45) is 5.92 Å². The number of halogens is 3. The molecule has 1 aromatic rings. The summed E-state index contributed by atoms with van der Waals surface area (Å²) < 4.78 is 0. The molecule has 1 aromatic carbocycles. The summed E-state index contributed by atoms with van der Waals surface area (Å²) in [7, 11) is 0. The minimum Gasteiger partial charge on any atom is -0.0890 e. The van der Waals surface area contributed by atoms with E-state index in [1.807, 2.05) is 18.2 Å². The fourth-order valence-electron chi connectivity index (χ4n) is 1.68. The summed E-state index contributed by atoms with van der Waals surface area (Å²) >= 11 is 15.8. The summed E-state index contributed by atoms with van der Waals surface area (Å²) in [4.78, 5) is 0.558. The Kier molecular flexibility index (Phi) is 6.17. The lowest BCUT2D eigenvalue weighted by atomic mass is 10.0. The van der Waals surface area contributed by atoms with Crippen LogP contribution in [0.4, 0.5) is 0 Å². The molecule has 16 heavy (non-hydrogen) atoms. The Morgan fingerprint density at radius 3 is 2.56 bits per heavy atom. The van der Waals surface area contributed by atoms with Crippen LogP contribution in [-0.4, -0.2) is 4.83 Å². The molecule has 0 nitrogen and oxygen atoms in total. The topological polar surface area (TPSA) is 0 Å². The molecule has 3 heteroatoms. The van der Waals surface area contributed by atoms with Gasteiger partial charge in [-0.2, -0.15) is 0 Å². The van der Waals surface area contributed by atoms with Crippen LogP contribution in [0.5, 0.6) is 0 Å². The Labute approximate surface area is 116 Å². The highest BCUT2D eigenvalue weighted by Crippen LogP contribution is 2.24. The van der Waals surface area contributed by atoms with Crippen LogP contribution in [0.2, 0.25) is 10.0 Å². The molecule has 0 aliphatic heterocycles. The van der Waals surface area contributed by atoms with Crippen LogP contribution in [0.1, 0.15) is 32.3 Å². The molecule has 90 valence electrons. The van der Waals surface area contributed by atoms with Gasteiger partial charge in [0.2, 0.25) is 0 Å². The zero-order valence-corrected chi connectivity index (χ0v) is 12.7. The molecule has 1 unspecified atom stereocenters.